The molecule has 0 fully saturated rings. The number of para-hydroxylation sites is 1. The summed E-state index contributed by atoms with van der Waals surface area (Å²) in [6.07, 6.45) is 0. The predicted octanol–water partition coefficient (Wildman–Crippen LogP) is 7.91. The lowest BCUT2D eigenvalue weighted by molar-refractivity contribution is 0.0527. The molecule has 6 nitrogen and oxygen atoms in total. The Morgan fingerprint density at radius 1 is 0.943 bits per heavy atom. The zero-order valence-electron chi connectivity index (χ0n) is 18.3. The molecule has 0 saturated heterocycles. The fourth-order valence-electron chi connectivity index (χ4n) is 3.39. The van der Waals surface area contributed by atoms with Gasteiger partial charge in [-0.2, -0.15) is 0 Å². The normalized spacial score (nSPS) is 10.9. The number of esters is 1. The van der Waals surface area contributed by atoms with Gasteiger partial charge in [0.2, 0.25) is 0 Å². The third-order valence-electron chi connectivity index (χ3n) is 4.95. The van der Waals surface area contributed by atoms with Crippen molar-refractivity contribution in [2.75, 3.05) is 17.2 Å². The van der Waals surface area contributed by atoms with Crippen LogP contribution in [0.2, 0.25) is 15.1 Å². The van der Waals surface area contributed by atoms with Gasteiger partial charge in [-0.05, 0) is 43.7 Å². The number of benzene rings is 2. The van der Waals surface area contributed by atoms with Crippen molar-refractivity contribution in [2.24, 2.45) is 0 Å². The molecule has 11 heteroatoms. The van der Waals surface area contributed by atoms with Gasteiger partial charge in [0.05, 0.1) is 27.1 Å². The van der Waals surface area contributed by atoms with Crippen LogP contribution in [0, 0.1) is 6.92 Å². The topological polar surface area (TPSA) is 84.5 Å². The van der Waals surface area contributed by atoms with Gasteiger partial charge in [-0.15, -0.1) is 22.7 Å². The fraction of sp³-hybridized carbons (Fsp3) is 0.125. The molecule has 0 saturated carbocycles. The third kappa shape index (κ3) is 5.17. The molecule has 2 aromatic carbocycles. The predicted molar refractivity (Wildman–Crippen MR) is 144 cm³/mol. The Labute approximate surface area is 223 Å². The maximum absolute atomic E-state index is 13.2. The number of carbonyl (C=O) groups is 3. The zero-order valence-corrected chi connectivity index (χ0v) is 22.2. The van der Waals surface area contributed by atoms with Crippen molar-refractivity contribution in [3.63, 3.8) is 0 Å². The second-order valence-electron chi connectivity index (χ2n) is 7.26. The van der Waals surface area contributed by atoms with Crippen molar-refractivity contribution in [3.8, 4) is 0 Å². The summed E-state index contributed by atoms with van der Waals surface area (Å²) in [6.45, 7) is 3.44. The summed E-state index contributed by atoms with van der Waals surface area (Å²) in [4.78, 5) is 39.4. The highest BCUT2D eigenvalue weighted by molar-refractivity contribution is 7.22. The van der Waals surface area contributed by atoms with Crippen molar-refractivity contribution in [1.82, 2.24) is 0 Å². The van der Waals surface area contributed by atoms with E-state index in [0.29, 0.717) is 31.4 Å². The van der Waals surface area contributed by atoms with Crippen molar-refractivity contribution >= 4 is 96.0 Å². The number of carbonyl (C=O) groups excluding carboxylic acids is 3. The summed E-state index contributed by atoms with van der Waals surface area (Å²) in [5.41, 5.74) is 1.11. The fourth-order valence-corrected chi connectivity index (χ4v) is 6.75. The number of halogens is 3. The average Bonchev–Trinajstić information content (AvgIpc) is 3.31. The van der Waals surface area contributed by atoms with Crippen LogP contribution in [0.4, 0.5) is 10.7 Å². The van der Waals surface area contributed by atoms with Gasteiger partial charge in [0, 0.05) is 20.8 Å². The molecule has 180 valence electrons. The molecule has 0 spiro atoms. The third-order valence-corrected chi connectivity index (χ3v) is 8.30. The van der Waals surface area contributed by atoms with E-state index in [1.165, 1.54) is 0 Å². The van der Waals surface area contributed by atoms with Gasteiger partial charge in [0.15, 0.2) is 0 Å². The summed E-state index contributed by atoms with van der Waals surface area (Å²) >= 11 is 20.9. The molecule has 2 heterocycles. The van der Waals surface area contributed by atoms with Crippen LogP contribution in [0.3, 0.4) is 0 Å². The average molecular weight is 568 g/mol. The lowest BCUT2D eigenvalue weighted by Gasteiger charge is -2.06. The van der Waals surface area contributed by atoms with Gasteiger partial charge < -0.3 is 15.4 Å². The van der Waals surface area contributed by atoms with E-state index in [-0.39, 0.29) is 31.9 Å². The van der Waals surface area contributed by atoms with Gasteiger partial charge >= 0.3 is 5.97 Å². The second kappa shape index (κ2) is 10.6. The van der Waals surface area contributed by atoms with Gasteiger partial charge in [-0.3, -0.25) is 9.59 Å². The number of anilines is 2. The molecule has 0 radical (unpaired) electrons. The molecule has 0 bridgehead atoms. The van der Waals surface area contributed by atoms with Gasteiger partial charge in [0.25, 0.3) is 11.8 Å². The number of fused-ring (bicyclic) bond motifs is 1. The van der Waals surface area contributed by atoms with Crippen molar-refractivity contribution in [3.05, 3.63) is 78.4 Å². The maximum Gasteiger partial charge on any atom is 0.341 e. The van der Waals surface area contributed by atoms with Crippen molar-refractivity contribution < 1.29 is 19.1 Å². The number of rotatable bonds is 6. The number of amides is 2. The minimum atomic E-state index is -0.646. The first-order chi connectivity index (χ1) is 16.7. The van der Waals surface area contributed by atoms with Crippen molar-refractivity contribution in [2.45, 2.75) is 13.8 Å². The maximum atomic E-state index is 13.2. The second-order valence-corrected chi connectivity index (χ2v) is 10.6. The lowest BCUT2D eigenvalue weighted by atomic mass is 10.1. The highest BCUT2D eigenvalue weighted by Gasteiger charge is 2.28. The van der Waals surface area contributed by atoms with E-state index in [1.807, 2.05) is 6.07 Å². The smallest absolute Gasteiger partial charge is 0.341 e. The Hall–Kier alpha value is -2.62. The van der Waals surface area contributed by atoms with E-state index < -0.39 is 17.8 Å². The molecule has 0 aliphatic rings. The van der Waals surface area contributed by atoms with E-state index >= 15 is 0 Å². The lowest BCUT2D eigenvalue weighted by Crippen LogP contribution is -2.14. The van der Waals surface area contributed by atoms with E-state index in [4.69, 9.17) is 39.5 Å². The number of hydrogen-bond acceptors (Lipinski definition) is 6. The molecule has 0 unspecified atom stereocenters. The minimum absolute atomic E-state index is 0.113. The molecule has 2 amide bonds. The van der Waals surface area contributed by atoms with Crippen LogP contribution in [-0.4, -0.2) is 24.4 Å². The van der Waals surface area contributed by atoms with Crippen molar-refractivity contribution in [1.29, 1.82) is 0 Å². The quantitative estimate of drug-likeness (QED) is 0.232. The molecule has 4 aromatic rings. The van der Waals surface area contributed by atoms with E-state index in [1.54, 1.807) is 50.2 Å². The summed E-state index contributed by atoms with van der Waals surface area (Å²) in [5, 5.41) is 7.14. The molecule has 35 heavy (non-hydrogen) atoms. The molecule has 4 rings (SSSR count). The Morgan fingerprint density at radius 3 is 2.31 bits per heavy atom. The largest absolute Gasteiger partial charge is 0.462 e. The Morgan fingerprint density at radius 2 is 1.63 bits per heavy atom. The highest BCUT2D eigenvalue weighted by Crippen LogP contribution is 2.42. The van der Waals surface area contributed by atoms with E-state index in [0.717, 1.165) is 22.7 Å². The van der Waals surface area contributed by atoms with Gasteiger partial charge in [-0.25, -0.2) is 4.79 Å². The summed E-state index contributed by atoms with van der Waals surface area (Å²) < 4.78 is 5.82. The Bertz CT molecular complexity index is 1460. The Balaban J connectivity index is 1.71. The molecule has 0 atom stereocenters. The van der Waals surface area contributed by atoms with Crippen LogP contribution in [-0.2, 0) is 4.74 Å². The first-order valence-electron chi connectivity index (χ1n) is 10.3. The highest BCUT2D eigenvalue weighted by atomic mass is 35.5. The SMILES string of the molecule is CCOC(=O)c1c(NC(=O)c2sc3cc(Cl)cc(Cl)c3c2Cl)sc(C(=O)Nc2ccccc2)c1C. The molecule has 0 aliphatic heterocycles. The molecular formula is C24H17Cl3N2O4S2. The zero-order chi connectivity index (χ0) is 25.3. The van der Waals surface area contributed by atoms with Crippen LogP contribution >= 0.6 is 57.5 Å². The first-order valence-corrected chi connectivity index (χ1v) is 13.0. The molecular weight excluding hydrogens is 551 g/mol. The number of nitrogens with one attached hydrogen (secondary N) is 2. The standard InChI is InChI=1S/C24H17Cl3N2O4S2/c1-3-33-24(32)16-11(2)19(21(30)28-13-7-5-4-6-8-13)35-23(16)29-22(31)20-18(27)17-14(26)9-12(25)10-15(17)34-20/h4-10H,3H2,1-2H3,(H,28,30)(H,29,31). The van der Waals surface area contributed by atoms with Gasteiger partial charge in [-0.1, -0.05) is 53.0 Å². The monoisotopic (exact) mass is 566 g/mol. The minimum Gasteiger partial charge on any atom is -0.462 e. The van der Waals surface area contributed by atoms with Crippen LogP contribution in [0.1, 0.15) is 42.2 Å². The number of hydrogen-bond donors (Lipinski definition) is 2. The van der Waals surface area contributed by atoms with E-state index in [2.05, 4.69) is 10.6 Å². The van der Waals surface area contributed by atoms with Crippen LogP contribution < -0.4 is 10.6 Å². The van der Waals surface area contributed by atoms with Crippen LogP contribution in [0.15, 0.2) is 42.5 Å². The van der Waals surface area contributed by atoms with Crippen LogP contribution in [0.25, 0.3) is 10.1 Å². The summed E-state index contributed by atoms with van der Waals surface area (Å²) in [5.74, 6) is -1.61. The first kappa shape index (κ1) is 25.5. The summed E-state index contributed by atoms with van der Waals surface area (Å²) in [6, 6.07) is 12.1. The van der Waals surface area contributed by atoms with Crippen LogP contribution in [0.5, 0.6) is 0 Å². The molecule has 2 N–H and O–H groups in total. The van der Waals surface area contributed by atoms with E-state index in [9.17, 15) is 14.4 Å². The molecule has 0 aliphatic carbocycles. The molecule has 2 aromatic heterocycles. The summed E-state index contributed by atoms with van der Waals surface area (Å²) in [7, 11) is 0. The number of thiophene rings is 2. The number of ether oxygens (including phenoxy) is 1. The van der Waals surface area contributed by atoms with Gasteiger partial charge in [0.1, 0.15) is 9.88 Å². The Kier molecular flexibility index (Phi) is 7.68.